The van der Waals surface area contributed by atoms with Gasteiger partial charge in [0.2, 0.25) is 0 Å². The monoisotopic (exact) mass is 133 g/mol. The van der Waals surface area contributed by atoms with Crippen LogP contribution in [0.1, 0.15) is 6.42 Å². The van der Waals surface area contributed by atoms with Crippen LogP contribution in [0.4, 0.5) is 8.78 Å². The van der Waals surface area contributed by atoms with Crippen LogP contribution in [0.3, 0.4) is 0 Å². The highest BCUT2D eigenvalue weighted by molar-refractivity contribution is 4.92. The van der Waals surface area contributed by atoms with Crippen molar-refractivity contribution < 1.29 is 8.78 Å². The number of halogens is 2. The van der Waals surface area contributed by atoms with E-state index in [1.165, 1.54) is 0 Å². The Kier molecular flexibility index (Phi) is 2.16. The van der Waals surface area contributed by atoms with E-state index in [4.69, 9.17) is 0 Å². The first-order valence-corrected chi connectivity index (χ1v) is 3.02. The molecule has 0 bridgehead atoms. The molecule has 1 aliphatic heterocycles. The number of nitrogens with one attached hydrogen (secondary N) is 1. The lowest BCUT2D eigenvalue weighted by Crippen LogP contribution is -2.07. The zero-order chi connectivity index (χ0) is 6.69. The third-order valence-electron chi connectivity index (χ3n) is 1.46. The lowest BCUT2D eigenvalue weighted by atomic mass is 10.1. The summed E-state index contributed by atoms with van der Waals surface area (Å²) < 4.78 is 23.0. The molecule has 0 amide bonds. The SMILES string of the molecule is FC(F)=CC1CCNC1. The summed E-state index contributed by atoms with van der Waals surface area (Å²) in [5, 5.41) is 3.00. The van der Waals surface area contributed by atoms with Crippen molar-refractivity contribution >= 4 is 0 Å². The van der Waals surface area contributed by atoms with Crippen molar-refractivity contribution in [2.24, 2.45) is 5.92 Å². The molecule has 0 aromatic carbocycles. The van der Waals surface area contributed by atoms with Crippen LogP contribution in [-0.4, -0.2) is 13.1 Å². The van der Waals surface area contributed by atoms with Crippen LogP contribution in [0.5, 0.6) is 0 Å². The predicted octanol–water partition coefficient (Wildman–Crippen LogP) is 1.38. The van der Waals surface area contributed by atoms with E-state index in [2.05, 4.69) is 5.32 Å². The predicted molar refractivity (Wildman–Crippen MR) is 31.3 cm³/mol. The molecule has 1 heterocycles. The molecule has 3 heteroatoms. The fourth-order valence-electron chi connectivity index (χ4n) is 0.997. The smallest absolute Gasteiger partial charge is 0.266 e. The van der Waals surface area contributed by atoms with E-state index in [9.17, 15) is 8.78 Å². The molecule has 1 unspecified atom stereocenters. The first-order valence-electron chi connectivity index (χ1n) is 3.02. The maximum Gasteiger partial charge on any atom is 0.266 e. The molecule has 0 aliphatic carbocycles. The Morgan fingerprint density at radius 1 is 1.56 bits per heavy atom. The van der Waals surface area contributed by atoms with Gasteiger partial charge in [0.25, 0.3) is 6.08 Å². The first kappa shape index (κ1) is 6.68. The fourth-order valence-corrected chi connectivity index (χ4v) is 0.997. The van der Waals surface area contributed by atoms with Crippen molar-refractivity contribution in [3.8, 4) is 0 Å². The van der Waals surface area contributed by atoms with Crippen molar-refractivity contribution in [3.63, 3.8) is 0 Å². The van der Waals surface area contributed by atoms with Crippen LogP contribution >= 0.6 is 0 Å². The van der Waals surface area contributed by atoms with Gasteiger partial charge in [-0.15, -0.1) is 0 Å². The standard InChI is InChI=1S/C6H9F2N/c7-6(8)3-5-1-2-9-4-5/h3,5,9H,1-2,4H2. The molecule has 0 radical (unpaired) electrons. The quantitative estimate of drug-likeness (QED) is 0.569. The molecule has 1 atom stereocenters. The summed E-state index contributed by atoms with van der Waals surface area (Å²) in [4.78, 5) is 0. The lowest BCUT2D eigenvalue weighted by molar-refractivity contribution is 0.410. The minimum absolute atomic E-state index is 0.0648. The molecule has 9 heavy (non-hydrogen) atoms. The van der Waals surface area contributed by atoms with Gasteiger partial charge >= 0.3 is 0 Å². The van der Waals surface area contributed by atoms with Gasteiger partial charge in [-0.3, -0.25) is 0 Å². The van der Waals surface area contributed by atoms with Crippen molar-refractivity contribution in [1.29, 1.82) is 0 Å². The topological polar surface area (TPSA) is 12.0 Å². The maximum atomic E-state index is 11.5. The molecule has 1 saturated heterocycles. The Bertz CT molecular complexity index is 112. The summed E-state index contributed by atoms with van der Waals surface area (Å²) in [5.41, 5.74) is 0. The Morgan fingerprint density at radius 2 is 2.33 bits per heavy atom. The zero-order valence-corrected chi connectivity index (χ0v) is 5.03. The number of hydrogen-bond acceptors (Lipinski definition) is 1. The molecule has 0 aromatic heterocycles. The summed E-state index contributed by atoms with van der Waals surface area (Å²) in [6.07, 6.45) is 0.320. The van der Waals surface area contributed by atoms with Crippen LogP contribution < -0.4 is 5.32 Å². The van der Waals surface area contributed by atoms with E-state index < -0.39 is 6.08 Å². The molecular weight excluding hydrogens is 124 g/mol. The van der Waals surface area contributed by atoms with Gasteiger partial charge in [0, 0.05) is 6.54 Å². The van der Waals surface area contributed by atoms with Crippen molar-refractivity contribution in [3.05, 3.63) is 12.2 Å². The molecular formula is C6H9F2N. The zero-order valence-electron chi connectivity index (χ0n) is 5.03. The summed E-state index contributed by atoms with van der Waals surface area (Å²) in [7, 11) is 0. The van der Waals surface area contributed by atoms with Gasteiger partial charge < -0.3 is 5.32 Å². The van der Waals surface area contributed by atoms with E-state index in [0.29, 0.717) is 6.54 Å². The summed E-state index contributed by atoms with van der Waals surface area (Å²) in [6, 6.07) is 0. The van der Waals surface area contributed by atoms with Gasteiger partial charge in [-0.1, -0.05) is 0 Å². The van der Waals surface area contributed by atoms with Crippen molar-refractivity contribution in [2.75, 3.05) is 13.1 Å². The molecule has 52 valence electrons. The van der Waals surface area contributed by atoms with Gasteiger partial charge in [-0.2, -0.15) is 8.78 Å². The second kappa shape index (κ2) is 2.92. The number of hydrogen-bond donors (Lipinski definition) is 1. The maximum absolute atomic E-state index is 11.5. The first-order chi connectivity index (χ1) is 4.29. The fraction of sp³-hybridized carbons (Fsp3) is 0.667. The molecule has 0 spiro atoms. The lowest BCUT2D eigenvalue weighted by Gasteiger charge is -1.95. The van der Waals surface area contributed by atoms with Gasteiger partial charge in [-0.25, -0.2) is 0 Å². The number of rotatable bonds is 1. The largest absolute Gasteiger partial charge is 0.316 e. The van der Waals surface area contributed by atoms with Gasteiger partial charge in [0.05, 0.1) is 0 Å². The van der Waals surface area contributed by atoms with Crippen LogP contribution in [0.2, 0.25) is 0 Å². The van der Waals surface area contributed by atoms with Crippen LogP contribution in [0.15, 0.2) is 12.2 Å². The molecule has 1 N–H and O–H groups in total. The molecule has 1 fully saturated rings. The third-order valence-corrected chi connectivity index (χ3v) is 1.46. The molecule has 0 aromatic rings. The van der Waals surface area contributed by atoms with Gasteiger partial charge in [0.1, 0.15) is 0 Å². The molecule has 1 rings (SSSR count). The summed E-state index contributed by atoms with van der Waals surface area (Å²) >= 11 is 0. The van der Waals surface area contributed by atoms with Crippen LogP contribution in [-0.2, 0) is 0 Å². The highest BCUT2D eigenvalue weighted by atomic mass is 19.3. The summed E-state index contributed by atoms with van der Waals surface area (Å²) in [5.74, 6) is 0.0648. The second-order valence-corrected chi connectivity index (χ2v) is 2.21. The van der Waals surface area contributed by atoms with Crippen LogP contribution in [0.25, 0.3) is 0 Å². The van der Waals surface area contributed by atoms with E-state index in [0.717, 1.165) is 19.0 Å². The highest BCUT2D eigenvalue weighted by Crippen LogP contribution is 2.12. The molecule has 1 nitrogen and oxygen atoms in total. The van der Waals surface area contributed by atoms with Gasteiger partial charge in [-0.05, 0) is 25.0 Å². The van der Waals surface area contributed by atoms with E-state index in [-0.39, 0.29) is 5.92 Å². The minimum Gasteiger partial charge on any atom is -0.316 e. The minimum atomic E-state index is -1.55. The van der Waals surface area contributed by atoms with Crippen molar-refractivity contribution in [2.45, 2.75) is 6.42 Å². The Balaban J connectivity index is 2.35. The second-order valence-electron chi connectivity index (χ2n) is 2.21. The normalized spacial score (nSPS) is 26.2. The molecule has 1 aliphatic rings. The summed E-state index contributed by atoms with van der Waals surface area (Å²) in [6.45, 7) is 1.58. The highest BCUT2D eigenvalue weighted by Gasteiger charge is 2.12. The Morgan fingerprint density at radius 3 is 2.78 bits per heavy atom. The average molecular weight is 133 g/mol. The molecule has 0 saturated carbocycles. The average Bonchev–Trinajstić information content (AvgIpc) is 2.15. The Labute approximate surface area is 52.7 Å². The van der Waals surface area contributed by atoms with E-state index in [1.54, 1.807) is 0 Å². The van der Waals surface area contributed by atoms with E-state index in [1.807, 2.05) is 0 Å². The third kappa shape index (κ3) is 2.10. The van der Waals surface area contributed by atoms with Gasteiger partial charge in [0.15, 0.2) is 0 Å². The van der Waals surface area contributed by atoms with Crippen LogP contribution in [0, 0.1) is 5.92 Å². The van der Waals surface area contributed by atoms with Crippen molar-refractivity contribution in [1.82, 2.24) is 5.32 Å². The van der Waals surface area contributed by atoms with E-state index >= 15 is 0 Å². The Hall–Kier alpha value is -0.440.